The third-order valence-corrected chi connectivity index (χ3v) is 11.8. The average Bonchev–Trinajstić information content (AvgIpc) is 4.11. The number of rotatable bonds is 5. The lowest BCUT2D eigenvalue weighted by atomic mass is 10.3. The Morgan fingerprint density at radius 3 is 1.04 bits per heavy atom. The third-order valence-electron chi connectivity index (χ3n) is 10.2. The second kappa shape index (κ2) is 21.9. The van der Waals surface area contributed by atoms with Gasteiger partial charge in [0.1, 0.15) is 36.8 Å². The van der Waals surface area contributed by atoms with Gasteiger partial charge in [0.25, 0.3) is 5.56 Å². The number of hydrogen-bond acceptors (Lipinski definition) is 24. The van der Waals surface area contributed by atoms with Crippen molar-refractivity contribution in [2.45, 2.75) is 99.4 Å². The Morgan fingerprint density at radius 2 is 0.712 bits per heavy atom. The molecule has 0 unspecified atom stereocenters. The molecule has 10 rings (SSSR count). The van der Waals surface area contributed by atoms with Gasteiger partial charge < -0.3 is 60.7 Å². The van der Waals surface area contributed by atoms with Crippen LogP contribution >= 0.6 is 47.8 Å². The van der Waals surface area contributed by atoms with Crippen molar-refractivity contribution < 1.29 is 0 Å². The number of anilines is 9. The quantitative estimate of drug-likeness (QED) is 0.110. The minimum Gasteiger partial charge on any atom is -0.383 e. The highest BCUT2D eigenvalue weighted by molar-refractivity contribution is 9.11. The molecule has 10 heterocycles. The summed E-state index contributed by atoms with van der Waals surface area (Å²) in [6.07, 6.45) is 3.29. The van der Waals surface area contributed by atoms with E-state index in [-0.39, 0.29) is 65.5 Å². The number of nitrogens with two attached hydrogens (primary N) is 9. The fraction of sp³-hybridized carbons (Fsp3) is 0.375. The molecule has 0 aromatic carbocycles. The number of aromatic amines is 1. The summed E-state index contributed by atoms with van der Waals surface area (Å²) in [5.41, 5.74) is 54.3. The van der Waals surface area contributed by atoms with Gasteiger partial charge in [-0.3, -0.25) is 9.78 Å². The third kappa shape index (κ3) is 11.6. The number of nitrogens with zero attached hydrogens (tertiary/aromatic N) is 19. The zero-order chi connectivity index (χ0) is 54.1. The first-order valence-electron chi connectivity index (χ1n) is 22.1. The lowest BCUT2D eigenvalue weighted by Crippen LogP contribution is -2.12. The predicted molar refractivity (Wildman–Crippen MR) is 294 cm³/mol. The van der Waals surface area contributed by atoms with Crippen molar-refractivity contribution in [1.29, 1.82) is 0 Å². The fourth-order valence-corrected chi connectivity index (χ4v) is 8.51. The zero-order valence-corrected chi connectivity index (χ0v) is 46.0. The van der Waals surface area contributed by atoms with Crippen LogP contribution in [0.1, 0.15) is 99.4 Å². The van der Waals surface area contributed by atoms with Crippen molar-refractivity contribution >= 4 is 156 Å². The van der Waals surface area contributed by atoms with Gasteiger partial charge in [-0.15, -0.1) is 0 Å². The molecule has 0 fully saturated rings. The number of hydrogen-bond donors (Lipinski definition) is 10. The first-order valence-corrected chi connectivity index (χ1v) is 24.5. The van der Waals surface area contributed by atoms with Crippen molar-refractivity contribution in [2.24, 2.45) is 0 Å². The molecule has 0 aliphatic carbocycles. The van der Waals surface area contributed by atoms with Crippen molar-refractivity contribution in [3.05, 3.63) is 36.8 Å². The zero-order valence-electron chi connectivity index (χ0n) is 41.3. The smallest absolute Gasteiger partial charge is 0.280 e. The van der Waals surface area contributed by atoms with Gasteiger partial charge in [0.15, 0.2) is 39.6 Å². The molecule has 73 heavy (non-hydrogen) atoms. The van der Waals surface area contributed by atoms with E-state index in [0.717, 1.165) is 0 Å². The Kier molecular flexibility index (Phi) is 16.4. The Labute approximate surface area is 440 Å². The highest BCUT2D eigenvalue weighted by Gasteiger charge is 2.19. The summed E-state index contributed by atoms with van der Waals surface area (Å²) in [5, 5.41) is 15.0. The maximum atomic E-state index is 11.4. The molecule has 19 N–H and O–H groups in total. The van der Waals surface area contributed by atoms with Crippen molar-refractivity contribution in [2.75, 3.05) is 51.6 Å². The van der Waals surface area contributed by atoms with E-state index in [4.69, 9.17) is 51.6 Å². The number of fused-ring (bicyclic) bond motifs is 5. The molecule has 33 heteroatoms. The summed E-state index contributed by atoms with van der Waals surface area (Å²) < 4.78 is 10.9. The first kappa shape index (κ1) is 54.5. The van der Waals surface area contributed by atoms with Crippen LogP contribution in [-0.4, -0.2) is 98.3 Å². The van der Waals surface area contributed by atoms with Crippen LogP contribution in [-0.2, 0) is 0 Å². The lowest BCUT2D eigenvalue weighted by Gasteiger charge is -2.06. The van der Waals surface area contributed by atoms with Crippen LogP contribution in [0.15, 0.2) is 31.3 Å². The van der Waals surface area contributed by atoms with Crippen LogP contribution in [0, 0.1) is 0 Å². The molecule has 0 amide bonds. The molecule has 10 aromatic rings. The van der Waals surface area contributed by atoms with Crippen molar-refractivity contribution in [3.8, 4) is 0 Å². The van der Waals surface area contributed by atoms with Gasteiger partial charge >= 0.3 is 0 Å². The molecule has 0 saturated heterocycles. The number of halogens is 3. The van der Waals surface area contributed by atoms with Crippen LogP contribution < -0.4 is 57.2 Å². The molecule has 0 bridgehead atoms. The molecule has 10 aromatic heterocycles. The largest absolute Gasteiger partial charge is 0.383 e. The molecule has 0 atom stereocenters. The Bertz CT molecular complexity index is 3430. The van der Waals surface area contributed by atoms with Gasteiger partial charge in [0.2, 0.25) is 29.7 Å². The number of imidazole rings is 2. The summed E-state index contributed by atoms with van der Waals surface area (Å²) >= 11 is 9.99. The van der Waals surface area contributed by atoms with Gasteiger partial charge in [-0.05, 0) is 117 Å². The standard InChI is InChI=1S/3C8H11BrN6.C8H12N6.C8H11N5O/c3*1-3(2)15-7-4(5(9)14-15)6(10)12-8(11)13-7;1-4(2)14-3-11-5-6(9)12-8(10)13-7(5)14;1-4(2)13-3-10-5-6(13)11-8(9)12-7(5)14/h3*3H,1-2H3,(H4,10,11,12,13);3-4H,1-2H3,(H4,9,10,12,13);3-4H,1-2H3,(H3,9,11,12,14). The van der Waals surface area contributed by atoms with Crippen molar-refractivity contribution in [3.63, 3.8) is 0 Å². The van der Waals surface area contributed by atoms with Crippen LogP contribution in [0.4, 0.5) is 53.0 Å². The summed E-state index contributed by atoms with van der Waals surface area (Å²) in [7, 11) is 0. The minimum atomic E-state index is -0.299. The van der Waals surface area contributed by atoms with Crippen LogP contribution in [0.25, 0.3) is 55.4 Å². The van der Waals surface area contributed by atoms with Crippen LogP contribution in [0.2, 0.25) is 0 Å². The highest BCUT2D eigenvalue weighted by atomic mass is 79.9. The topological polar surface area (TPSA) is 472 Å². The van der Waals surface area contributed by atoms with Gasteiger partial charge in [-0.1, -0.05) is 0 Å². The molecule has 388 valence electrons. The van der Waals surface area contributed by atoms with Gasteiger partial charge in [-0.2, -0.15) is 60.2 Å². The summed E-state index contributed by atoms with van der Waals surface area (Å²) in [5.74, 6) is 2.14. The Morgan fingerprint density at radius 1 is 0.411 bits per heavy atom. The lowest BCUT2D eigenvalue weighted by molar-refractivity contribution is 0.543. The summed E-state index contributed by atoms with van der Waals surface area (Å²) in [4.78, 5) is 58.0. The van der Waals surface area contributed by atoms with E-state index in [1.807, 2.05) is 73.8 Å². The second-order valence-corrected chi connectivity index (χ2v) is 19.5. The number of nitrogen functional groups attached to an aromatic ring is 9. The molecule has 0 radical (unpaired) electrons. The highest BCUT2D eigenvalue weighted by Crippen LogP contribution is 2.31. The second-order valence-electron chi connectivity index (χ2n) is 17.2. The average molecular weight is 1200 g/mol. The van der Waals surface area contributed by atoms with E-state index < -0.39 is 0 Å². The molecular formula is C40H56Br3N29O. The number of nitrogens with one attached hydrogen (secondary N) is 1. The molecule has 30 nitrogen and oxygen atoms in total. The summed E-state index contributed by atoms with van der Waals surface area (Å²) in [6.45, 7) is 20.1. The van der Waals surface area contributed by atoms with Crippen molar-refractivity contribution in [1.82, 2.24) is 98.3 Å². The first-order chi connectivity index (χ1) is 34.2. The molecule has 0 aliphatic heterocycles. The normalized spacial score (nSPS) is 11.4. The van der Waals surface area contributed by atoms with E-state index >= 15 is 0 Å². The Hall–Kier alpha value is -7.81. The van der Waals surface area contributed by atoms with E-state index in [1.54, 1.807) is 31.3 Å². The van der Waals surface area contributed by atoms with E-state index in [2.05, 4.69) is 123 Å². The molecule has 0 saturated carbocycles. The van der Waals surface area contributed by atoms with Gasteiger partial charge in [0.05, 0.1) is 28.8 Å². The van der Waals surface area contributed by atoms with E-state index in [9.17, 15) is 4.79 Å². The monoisotopic (exact) mass is 1200 g/mol. The number of aromatic nitrogens is 20. The molecule has 0 aliphatic rings. The SMILES string of the molecule is CC(C)n1cnc2c(=O)[nH]c(N)nc21.CC(C)n1cnc2c(N)nc(N)nc21.CC(C)n1nc(Br)c2c(N)nc(N)nc21.CC(C)n1nc(Br)c2c(N)nc(N)nc21.CC(C)n1nc(Br)c2c(N)nc(N)nc21. The Balaban J connectivity index is 0.000000149. The molecular weight excluding hydrogens is 1140 g/mol. The van der Waals surface area contributed by atoms with E-state index in [0.29, 0.717) is 92.5 Å². The maximum Gasteiger partial charge on any atom is 0.280 e. The maximum absolute atomic E-state index is 11.4. The van der Waals surface area contributed by atoms with E-state index in [1.165, 1.54) is 0 Å². The predicted octanol–water partition coefficient (Wildman–Crippen LogP) is 4.86. The fourth-order valence-electron chi connectivity index (χ4n) is 6.85. The van der Waals surface area contributed by atoms with Crippen LogP contribution in [0.3, 0.4) is 0 Å². The van der Waals surface area contributed by atoms with Crippen LogP contribution in [0.5, 0.6) is 0 Å². The number of H-pyrrole nitrogens is 1. The van der Waals surface area contributed by atoms with Gasteiger partial charge in [-0.25, -0.2) is 24.0 Å². The minimum absolute atomic E-state index is 0.116. The van der Waals surface area contributed by atoms with Gasteiger partial charge in [0, 0.05) is 30.2 Å². The molecule has 0 spiro atoms. The summed E-state index contributed by atoms with van der Waals surface area (Å²) in [6, 6.07) is 1.04.